The Balaban J connectivity index is 1.87. The van der Waals surface area contributed by atoms with Gasteiger partial charge in [-0.15, -0.1) is 0 Å². The van der Waals surface area contributed by atoms with Gasteiger partial charge in [0.05, 0.1) is 7.11 Å². The zero-order valence-electron chi connectivity index (χ0n) is 12.3. The Morgan fingerprint density at radius 1 is 1.32 bits per heavy atom. The van der Waals surface area contributed by atoms with Crippen LogP contribution in [-0.4, -0.2) is 19.7 Å². The van der Waals surface area contributed by atoms with Crippen molar-refractivity contribution in [3.8, 4) is 5.75 Å². The fourth-order valence-corrected chi connectivity index (χ4v) is 3.60. The lowest BCUT2D eigenvalue weighted by atomic mass is 9.58. The Morgan fingerprint density at radius 3 is 2.63 bits per heavy atom. The van der Waals surface area contributed by atoms with E-state index < -0.39 is 0 Å². The summed E-state index contributed by atoms with van der Waals surface area (Å²) in [4.78, 5) is 0. The summed E-state index contributed by atoms with van der Waals surface area (Å²) < 4.78 is 5.61. The molecule has 3 rings (SSSR count). The second kappa shape index (κ2) is 4.82. The van der Waals surface area contributed by atoms with Crippen LogP contribution in [0.15, 0.2) is 18.2 Å². The number of aryl methyl sites for hydroxylation is 1. The third-order valence-corrected chi connectivity index (χ3v) is 4.71. The Labute approximate surface area is 116 Å². The molecule has 0 spiro atoms. The summed E-state index contributed by atoms with van der Waals surface area (Å²) in [6.45, 7) is 5.65. The molecule has 0 bridgehead atoms. The molecular weight excluding hydrogens is 234 g/mol. The van der Waals surface area contributed by atoms with Gasteiger partial charge in [0.1, 0.15) is 5.75 Å². The van der Waals surface area contributed by atoms with Crippen molar-refractivity contribution in [3.63, 3.8) is 0 Å². The highest BCUT2D eigenvalue weighted by Gasteiger charge is 2.45. The van der Waals surface area contributed by atoms with Gasteiger partial charge in [-0.2, -0.15) is 0 Å². The van der Waals surface area contributed by atoms with Crippen LogP contribution in [0.1, 0.15) is 43.7 Å². The molecule has 0 unspecified atom stereocenters. The molecule has 0 aromatic heterocycles. The summed E-state index contributed by atoms with van der Waals surface area (Å²) >= 11 is 0. The highest BCUT2D eigenvalue weighted by molar-refractivity contribution is 5.44. The number of hydrogen-bond acceptors (Lipinski definition) is 2. The average Bonchev–Trinajstić information content (AvgIpc) is 3.17. The normalized spacial score (nSPS) is 29.9. The van der Waals surface area contributed by atoms with E-state index in [0.717, 1.165) is 24.3 Å². The van der Waals surface area contributed by atoms with Gasteiger partial charge >= 0.3 is 0 Å². The van der Waals surface area contributed by atoms with Crippen molar-refractivity contribution in [1.29, 1.82) is 0 Å². The maximum atomic E-state index is 5.61. The van der Waals surface area contributed by atoms with Crippen molar-refractivity contribution in [1.82, 2.24) is 5.32 Å². The van der Waals surface area contributed by atoms with E-state index in [1.165, 1.54) is 36.8 Å². The van der Waals surface area contributed by atoms with Crippen LogP contribution in [0.25, 0.3) is 0 Å². The quantitative estimate of drug-likeness (QED) is 0.875. The van der Waals surface area contributed by atoms with E-state index in [-0.39, 0.29) is 0 Å². The minimum atomic E-state index is 0.305. The van der Waals surface area contributed by atoms with Crippen molar-refractivity contribution >= 4 is 0 Å². The summed E-state index contributed by atoms with van der Waals surface area (Å²) in [7, 11) is 1.79. The Kier molecular flexibility index (Phi) is 3.30. The monoisotopic (exact) mass is 259 g/mol. The van der Waals surface area contributed by atoms with Gasteiger partial charge in [-0.1, -0.05) is 24.6 Å². The van der Waals surface area contributed by atoms with Gasteiger partial charge in [-0.25, -0.2) is 0 Å². The molecule has 1 aromatic rings. The lowest BCUT2D eigenvalue weighted by molar-refractivity contribution is 0.148. The first-order valence-corrected chi connectivity index (χ1v) is 7.51. The first-order chi connectivity index (χ1) is 9.13. The van der Waals surface area contributed by atoms with Crippen LogP contribution in [0.4, 0.5) is 0 Å². The smallest absolute Gasteiger partial charge is 0.122 e. The van der Waals surface area contributed by atoms with E-state index in [2.05, 4.69) is 37.4 Å². The molecule has 0 saturated heterocycles. The number of ether oxygens (including phenoxy) is 1. The van der Waals surface area contributed by atoms with E-state index in [1.807, 2.05) is 0 Å². The van der Waals surface area contributed by atoms with E-state index in [0.29, 0.717) is 5.41 Å². The predicted octanol–water partition coefficient (Wildman–Crippen LogP) is 3.42. The highest BCUT2D eigenvalue weighted by Crippen LogP contribution is 2.50. The summed E-state index contributed by atoms with van der Waals surface area (Å²) in [6.07, 6.45) is 5.28. The predicted molar refractivity (Wildman–Crippen MR) is 78.8 cm³/mol. The number of nitrogens with one attached hydrogen (secondary N) is 1. The topological polar surface area (TPSA) is 21.3 Å². The van der Waals surface area contributed by atoms with Crippen LogP contribution in [-0.2, 0) is 5.41 Å². The summed E-state index contributed by atoms with van der Waals surface area (Å²) in [5.74, 6) is 1.90. The van der Waals surface area contributed by atoms with Gasteiger partial charge in [0, 0.05) is 23.6 Å². The van der Waals surface area contributed by atoms with Crippen LogP contribution in [0.3, 0.4) is 0 Å². The molecule has 2 nitrogen and oxygen atoms in total. The number of benzene rings is 1. The summed E-state index contributed by atoms with van der Waals surface area (Å²) in [5, 5.41) is 3.73. The molecular formula is C17H25NO. The minimum Gasteiger partial charge on any atom is -0.496 e. The zero-order chi connectivity index (χ0) is 13.5. The van der Waals surface area contributed by atoms with Gasteiger partial charge < -0.3 is 10.1 Å². The van der Waals surface area contributed by atoms with Gasteiger partial charge in [-0.3, -0.25) is 0 Å². The van der Waals surface area contributed by atoms with Crippen molar-refractivity contribution in [2.24, 2.45) is 5.92 Å². The molecule has 2 heteroatoms. The van der Waals surface area contributed by atoms with Crippen LogP contribution in [0.5, 0.6) is 5.75 Å². The largest absolute Gasteiger partial charge is 0.496 e. The highest BCUT2D eigenvalue weighted by atomic mass is 16.5. The summed E-state index contributed by atoms with van der Waals surface area (Å²) in [5.41, 5.74) is 3.06. The molecule has 0 heterocycles. The van der Waals surface area contributed by atoms with E-state index in [9.17, 15) is 0 Å². The van der Waals surface area contributed by atoms with Crippen LogP contribution < -0.4 is 10.1 Å². The van der Waals surface area contributed by atoms with Crippen molar-refractivity contribution in [2.75, 3.05) is 13.7 Å². The van der Waals surface area contributed by atoms with Gasteiger partial charge in [0.15, 0.2) is 0 Å². The van der Waals surface area contributed by atoms with Crippen LogP contribution >= 0.6 is 0 Å². The van der Waals surface area contributed by atoms with E-state index >= 15 is 0 Å². The van der Waals surface area contributed by atoms with Crippen molar-refractivity contribution < 1.29 is 4.74 Å². The SMILES string of the molecule is COc1ccc(C)cc1C1(CNC2CC2)CC(C)C1. The van der Waals surface area contributed by atoms with Gasteiger partial charge in [0.2, 0.25) is 0 Å². The van der Waals surface area contributed by atoms with E-state index in [1.54, 1.807) is 7.11 Å². The third-order valence-electron chi connectivity index (χ3n) is 4.71. The lowest BCUT2D eigenvalue weighted by Gasteiger charge is -2.48. The fourth-order valence-electron chi connectivity index (χ4n) is 3.60. The van der Waals surface area contributed by atoms with Gasteiger partial charge in [0.25, 0.3) is 0 Å². The Hall–Kier alpha value is -1.02. The fraction of sp³-hybridized carbons (Fsp3) is 0.647. The second-order valence-electron chi connectivity index (χ2n) is 6.65. The molecule has 2 fully saturated rings. The standard InChI is InChI=1S/C17H25NO/c1-12-4-7-16(19-3)15(8-12)17(9-13(2)10-17)11-18-14-5-6-14/h4,7-8,13-14,18H,5-6,9-11H2,1-3H3. The zero-order valence-corrected chi connectivity index (χ0v) is 12.3. The van der Waals surface area contributed by atoms with Crippen molar-refractivity contribution in [3.05, 3.63) is 29.3 Å². The van der Waals surface area contributed by atoms with Gasteiger partial charge in [-0.05, 0) is 44.6 Å². The Morgan fingerprint density at radius 2 is 2.05 bits per heavy atom. The minimum absolute atomic E-state index is 0.305. The third kappa shape index (κ3) is 2.51. The maximum Gasteiger partial charge on any atom is 0.122 e. The first kappa shape index (κ1) is 13.0. The van der Waals surface area contributed by atoms with E-state index in [4.69, 9.17) is 4.74 Å². The molecule has 1 N–H and O–H groups in total. The molecule has 19 heavy (non-hydrogen) atoms. The molecule has 2 saturated carbocycles. The molecule has 0 atom stereocenters. The average molecular weight is 259 g/mol. The van der Waals surface area contributed by atoms with Crippen molar-refractivity contribution in [2.45, 2.75) is 51.0 Å². The van der Waals surface area contributed by atoms with Crippen LogP contribution in [0.2, 0.25) is 0 Å². The molecule has 104 valence electrons. The Bertz CT molecular complexity index is 458. The lowest BCUT2D eigenvalue weighted by Crippen LogP contribution is -2.48. The van der Waals surface area contributed by atoms with Crippen LogP contribution in [0, 0.1) is 12.8 Å². The molecule has 1 aromatic carbocycles. The first-order valence-electron chi connectivity index (χ1n) is 7.51. The number of hydrogen-bond donors (Lipinski definition) is 1. The molecule has 2 aliphatic rings. The summed E-state index contributed by atoms with van der Waals surface area (Å²) in [6, 6.07) is 7.39. The number of methoxy groups -OCH3 is 1. The number of rotatable bonds is 5. The molecule has 0 aliphatic heterocycles. The molecule has 0 radical (unpaired) electrons. The molecule has 0 amide bonds. The second-order valence-corrected chi connectivity index (χ2v) is 6.65. The molecule has 2 aliphatic carbocycles. The maximum absolute atomic E-state index is 5.61.